The molecule has 5 nitrogen and oxygen atoms in total. The van der Waals surface area contributed by atoms with E-state index in [4.69, 9.17) is 0 Å². The summed E-state index contributed by atoms with van der Waals surface area (Å²) in [6, 6.07) is -0.437. The fourth-order valence-electron chi connectivity index (χ4n) is 3.32. The minimum Gasteiger partial charge on any atom is -0.353 e. The number of amides is 2. The van der Waals surface area contributed by atoms with Gasteiger partial charge in [0.25, 0.3) is 0 Å². The number of nitrogens with one attached hydrogen (secondary N) is 2. The normalized spacial score (nSPS) is 22.5. The number of hydrogen-bond acceptors (Lipinski definition) is 3. The van der Waals surface area contributed by atoms with E-state index in [0.717, 1.165) is 51.2 Å². The van der Waals surface area contributed by atoms with Crippen molar-refractivity contribution in [1.29, 1.82) is 0 Å². The van der Waals surface area contributed by atoms with Gasteiger partial charge in [0.2, 0.25) is 11.8 Å². The Morgan fingerprint density at radius 3 is 2.17 bits per heavy atom. The summed E-state index contributed by atoms with van der Waals surface area (Å²) in [4.78, 5) is 27.2. The van der Waals surface area contributed by atoms with Crippen LogP contribution in [0.15, 0.2) is 0 Å². The Hall–Kier alpha value is -1.10. The van der Waals surface area contributed by atoms with Crippen LogP contribution in [-0.2, 0) is 9.59 Å². The van der Waals surface area contributed by atoms with Crippen LogP contribution in [0.3, 0.4) is 0 Å². The van der Waals surface area contributed by atoms with Gasteiger partial charge in [-0.2, -0.15) is 0 Å². The molecule has 1 unspecified atom stereocenters. The van der Waals surface area contributed by atoms with Crippen LogP contribution in [0.2, 0.25) is 0 Å². The zero-order chi connectivity index (χ0) is 18.1. The molecule has 1 saturated carbocycles. The molecule has 1 fully saturated rings. The van der Waals surface area contributed by atoms with E-state index < -0.39 is 6.04 Å². The maximum absolute atomic E-state index is 12.5. The van der Waals surface area contributed by atoms with Gasteiger partial charge in [-0.05, 0) is 50.6 Å². The third kappa shape index (κ3) is 6.80. The second-order valence-electron chi connectivity index (χ2n) is 7.50. The van der Waals surface area contributed by atoms with Crippen molar-refractivity contribution < 1.29 is 9.59 Å². The number of nitrogens with zero attached hydrogens (tertiary/aromatic N) is 1. The SMILES string of the molecule is CCN(CC)CCNC(=O)C(NC(=O)C1CCC(C)CC1)C(C)C. The van der Waals surface area contributed by atoms with Crippen molar-refractivity contribution in [2.24, 2.45) is 17.8 Å². The van der Waals surface area contributed by atoms with Crippen LogP contribution in [0.1, 0.15) is 60.3 Å². The summed E-state index contributed by atoms with van der Waals surface area (Å²) < 4.78 is 0. The first-order valence-electron chi connectivity index (χ1n) is 9.69. The minimum atomic E-state index is -0.437. The molecule has 5 heteroatoms. The summed E-state index contributed by atoms with van der Waals surface area (Å²) >= 11 is 0. The van der Waals surface area contributed by atoms with E-state index in [1.54, 1.807) is 0 Å². The predicted octanol–water partition coefficient (Wildman–Crippen LogP) is 2.41. The van der Waals surface area contributed by atoms with Crippen molar-refractivity contribution in [3.05, 3.63) is 0 Å². The Labute approximate surface area is 147 Å². The molecule has 1 aliphatic rings. The van der Waals surface area contributed by atoms with Crippen LogP contribution >= 0.6 is 0 Å². The largest absolute Gasteiger partial charge is 0.353 e. The van der Waals surface area contributed by atoms with Crippen LogP contribution in [0.25, 0.3) is 0 Å². The van der Waals surface area contributed by atoms with Crippen molar-refractivity contribution in [3.63, 3.8) is 0 Å². The molecule has 0 saturated heterocycles. The van der Waals surface area contributed by atoms with Gasteiger partial charge in [0.05, 0.1) is 0 Å². The molecule has 0 aromatic carbocycles. The zero-order valence-electron chi connectivity index (χ0n) is 16.2. The fourth-order valence-corrected chi connectivity index (χ4v) is 3.32. The molecule has 0 heterocycles. The third-order valence-electron chi connectivity index (χ3n) is 5.26. The van der Waals surface area contributed by atoms with E-state index >= 15 is 0 Å². The summed E-state index contributed by atoms with van der Waals surface area (Å²) in [5.74, 6) is 0.878. The van der Waals surface area contributed by atoms with Gasteiger partial charge >= 0.3 is 0 Å². The van der Waals surface area contributed by atoms with Gasteiger partial charge in [0.1, 0.15) is 6.04 Å². The third-order valence-corrected chi connectivity index (χ3v) is 5.26. The number of rotatable bonds is 9. The molecule has 24 heavy (non-hydrogen) atoms. The molecule has 0 aliphatic heterocycles. The molecule has 1 aliphatic carbocycles. The summed E-state index contributed by atoms with van der Waals surface area (Å²) in [6.07, 6.45) is 4.11. The first kappa shape index (κ1) is 20.9. The highest BCUT2D eigenvalue weighted by Gasteiger charge is 2.29. The molecule has 0 spiro atoms. The van der Waals surface area contributed by atoms with Crippen molar-refractivity contribution in [1.82, 2.24) is 15.5 Å². The van der Waals surface area contributed by atoms with E-state index in [9.17, 15) is 9.59 Å². The molecular formula is C19H37N3O2. The lowest BCUT2D eigenvalue weighted by Crippen LogP contribution is -2.52. The van der Waals surface area contributed by atoms with E-state index in [-0.39, 0.29) is 23.7 Å². The molecule has 1 rings (SSSR count). The summed E-state index contributed by atoms with van der Waals surface area (Å²) in [7, 11) is 0. The van der Waals surface area contributed by atoms with Crippen LogP contribution in [0.5, 0.6) is 0 Å². The lowest BCUT2D eigenvalue weighted by molar-refractivity contribution is -0.132. The smallest absolute Gasteiger partial charge is 0.242 e. The maximum Gasteiger partial charge on any atom is 0.242 e. The Bertz CT molecular complexity index is 386. The van der Waals surface area contributed by atoms with Crippen LogP contribution in [0, 0.1) is 17.8 Å². The number of likely N-dealkylation sites (N-methyl/N-ethyl adjacent to an activating group) is 1. The minimum absolute atomic E-state index is 0.0551. The lowest BCUT2D eigenvalue weighted by Gasteiger charge is -2.28. The van der Waals surface area contributed by atoms with E-state index in [1.807, 2.05) is 13.8 Å². The standard InChI is InChI=1S/C19H37N3O2/c1-6-22(7-2)13-12-20-19(24)17(14(3)4)21-18(23)16-10-8-15(5)9-11-16/h14-17H,6-13H2,1-5H3,(H,20,24)(H,21,23). The van der Waals surface area contributed by atoms with Crippen molar-refractivity contribution in [2.45, 2.75) is 66.3 Å². The van der Waals surface area contributed by atoms with Crippen LogP contribution < -0.4 is 10.6 Å². The molecule has 2 N–H and O–H groups in total. The van der Waals surface area contributed by atoms with Crippen molar-refractivity contribution >= 4 is 11.8 Å². The fraction of sp³-hybridized carbons (Fsp3) is 0.895. The van der Waals surface area contributed by atoms with Gasteiger partial charge in [-0.15, -0.1) is 0 Å². The highest BCUT2D eigenvalue weighted by Crippen LogP contribution is 2.28. The predicted molar refractivity (Wildman–Crippen MR) is 98.7 cm³/mol. The van der Waals surface area contributed by atoms with Gasteiger partial charge in [0.15, 0.2) is 0 Å². The molecule has 140 valence electrons. The molecule has 2 amide bonds. The topological polar surface area (TPSA) is 61.4 Å². The molecule has 0 bridgehead atoms. The van der Waals surface area contributed by atoms with Crippen LogP contribution in [-0.4, -0.2) is 48.9 Å². The quantitative estimate of drug-likeness (QED) is 0.678. The summed E-state index contributed by atoms with van der Waals surface area (Å²) in [5.41, 5.74) is 0. The Kier molecular flexibility index (Phi) is 9.34. The monoisotopic (exact) mass is 339 g/mol. The van der Waals surface area contributed by atoms with Gasteiger partial charge in [-0.25, -0.2) is 0 Å². The van der Waals surface area contributed by atoms with Gasteiger partial charge < -0.3 is 15.5 Å². The summed E-state index contributed by atoms with van der Waals surface area (Å²) in [5, 5.41) is 5.99. The number of hydrogen-bond donors (Lipinski definition) is 2. The molecule has 1 atom stereocenters. The number of carbonyl (C=O) groups excluding carboxylic acids is 2. The molecular weight excluding hydrogens is 302 g/mol. The van der Waals surface area contributed by atoms with E-state index in [2.05, 4.69) is 36.3 Å². The average Bonchev–Trinajstić information content (AvgIpc) is 2.56. The molecule has 0 radical (unpaired) electrons. The number of carbonyl (C=O) groups is 2. The molecule has 0 aromatic heterocycles. The Balaban J connectivity index is 2.47. The second kappa shape index (κ2) is 10.7. The van der Waals surface area contributed by atoms with E-state index in [1.165, 1.54) is 0 Å². The van der Waals surface area contributed by atoms with Gasteiger partial charge in [-0.3, -0.25) is 9.59 Å². The Morgan fingerprint density at radius 1 is 1.08 bits per heavy atom. The average molecular weight is 340 g/mol. The summed E-state index contributed by atoms with van der Waals surface area (Å²) in [6.45, 7) is 13.9. The highest BCUT2D eigenvalue weighted by molar-refractivity contribution is 5.88. The maximum atomic E-state index is 12.5. The lowest BCUT2D eigenvalue weighted by atomic mass is 9.82. The van der Waals surface area contributed by atoms with E-state index in [0.29, 0.717) is 6.54 Å². The van der Waals surface area contributed by atoms with Gasteiger partial charge in [0, 0.05) is 19.0 Å². The van der Waals surface area contributed by atoms with Crippen molar-refractivity contribution in [2.75, 3.05) is 26.2 Å². The van der Waals surface area contributed by atoms with Crippen molar-refractivity contribution in [3.8, 4) is 0 Å². The Morgan fingerprint density at radius 2 is 1.67 bits per heavy atom. The first-order chi connectivity index (χ1) is 11.4. The van der Waals surface area contributed by atoms with Gasteiger partial charge in [-0.1, -0.05) is 34.6 Å². The van der Waals surface area contributed by atoms with Crippen LogP contribution in [0.4, 0.5) is 0 Å². The first-order valence-corrected chi connectivity index (χ1v) is 9.69. The second-order valence-corrected chi connectivity index (χ2v) is 7.50. The highest BCUT2D eigenvalue weighted by atomic mass is 16.2. The molecule has 0 aromatic rings. The zero-order valence-corrected chi connectivity index (χ0v) is 16.2.